The van der Waals surface area contributed by atoms with E-state index in [1.165, 1.54) is 60.3 Å². The summed E-state index contributed by atoms with van der Waals surface area (Å²) in [4.78, 5) is 10.7. The largest absolute Gasteiger partial charge is 0.307 e. The minimum absolute atomic E-state index is 0.880. The minimum atomic E-state index is 0.880. The zero-order chi connectivity index (χ0) is 45.0. The summed E-state index contributed by atoms with van der Waals surface area (Å²) in [6.45, 7) is 0. The number of hydrogen-bond acceptors (Lipinski definition) is 2. The van der Waals surface area contributed by atoms with Crippen LogP contribution in [0.15, 0.2) is 255 Å². The van der Waals surface area contributed by atoms with Gasteiger partial charge in [-0.25, -0.2) is 9.97 Å². The van der Waals surface area contributed by atoms with Crippen molar-refractivity contribution in [2.24, 2.45) is 0 Å². The van der Waals surface area contributed by atoms with E-state index in [2.05, 4.69) is 264 Å². The number of rotatable bonds is 8. The van der Waals surface area contributed by atoms with Crippen molar-refractivity contribution in [3.05, 3.63) is 255 Å². The summed E-state index contributed by atoms with van der Waals surface area (Å²) in [5.41, 5.74) is 19.3. The van der Waals surface area contributed by atoms with Gasteiger partial charge in [-0.15, -0.1) is 0 Å². The van der Waals surface area contributed by atoms with Crippen LogP contribution < -0.4 is 0 Å². The fraction of sp³-hybridized carbons (Fsp3) is 0. The van der Waals surface area contributed by atoms with Crippen LogP contribution in [-0.2, 0) is 0 Å². The van der Waals surface area contributed by atoms with Crippen LogP contribution in [0, 0.1) is 0 Å². The third-order valence-electron chi connectivity index (χ3n) is 13.3. The molecular formula is C64H42N4. The maximum atomic E-state index is 5.43. The maximum Gasteiger partial charge on any atom is 0.0788 e. The first kappa shape index (κ1) is 39.3. The van der Waals surface area contributed by atoms with Crippen molar-refractivity contribution in [2.75, 3.05) is 0 Å². The van der Waals surface area contributed by atoms with Crippen LogP contribution >= 0.6 is 0 Å². The second-order valence-corrected chi connectivity index (χ2v) is 17.4. The Kier molecular flexibility index (Phi) is 9.47. The SMILES string of the molecule is c1ccc(-c2ccc(-c3cc(-c4cccc(-c5cccc(-n6c7ccccc7c7ccc8c9ccccc9n(-c9ccccc9)c8c76)c5)n4)cc(-c4ccc(-c5ccccc5)cc4)n3)cc2)cc1. The van der Waals surface area contributed by atoms with Gasteiger partial charge in [-0.2, -0.15) is 0 Å². The molecule has 4 nitrogen and oxygen atoms in total. The number of fused-ring (bicyclic) bond motifs is 7. The number of benzene rings is 9. The smallest absolute Gasteiger partial charge is 0.0788 e. The predicted molar refractivity (Wildman–Crippen MR) is 283 cm³/mol. The Balaban J connectivity index is 0.949. The second-order valence-electron chi connectivity index (χ2n) is 17.4. The van der Waals surface area contributed by atoms with E-state index in [0.717, 1.165) is 61.9 Å². The predicted octanol–water partition coefficient (Wildman–Crippen LogP) is 16.7. The van der Waals surface area contributed by atoms with Gasteiger partial charge in [-0.05, 0) is 82.9 Å². The lowest BCUT2D eigenvalue weighted by Gasteiger charge is -2.14. The molecule has 0 amide bonds. The summed E-state index contributed by atoms with van der Waals surface area (Å²) in [6, 6.07) is 90.9. The Morgan fingerprint density at radius 1 is 0.221 bits per heavy atom. The first-order valence-corrected chi connectivity index (χ1v) is 23.1. The van der Waals surface area contributed by atoms with Gasteiger partial charge < -0.3 is 9.13 Å². The van der Waals surface area contributed by atoms with E-state index in [0.29, 0.717) is 0 Å². The van der Waals surface area contributed by atoms with E-state index in [1.807, 2.05) is 0 Å². The molecule has 0 fully saturated rings. The van der Waals surface area contributed by atoms with Gasteiger partial charge in [0.1, 0.15) is 0 Å². The minimum Gasteiger partial charge on any atom is -0.307 e. The molecule has 4 heterocycles. The van der Waals surface area contributed by atoms with Gasteiger partial charge >= 0.3 is 0 Å². The first-order valence-electron chi connectivity index (χ1n) is 23.1. The fourth-order valence-corrected chi connectivity index (χ4v) is 10.1. The lowest BCUT2D eigenvalue weighted by molar-refractivity contribution is 1.15. The van der Waals surface area contributed by atoms with E-state index in [9.17, 15) is 0 Å². The van der Waals surface area contributed by atoms with Crippen LogP contribution in [0.4, 0.5) is 0 Å². The highest BCUT2D eigenvalue weighted by atomic mass is 15.0. The van der Waals surface area contributed by atoms with Gasteiger partial charge in [0, 0.05) is 55.2 Å². The third kappa shape index (κ3) is 6.78. The quantitative estimate of drug-likeness (QED) is 0.153. The first-order chi connectivity index (χ1) is 33.7. The van der Waals surface area contributed by atoms with Crippen molar-refractivity contribution >= 4 is 43.6 Å². The Hall–Kier alpha value is -9.12. The molecule has 13 aromatic rings. The number of para-hydroxylation sites is 3. The van der Waals surface area contributed by atoms with Gasteiger partial charge in [-0.1, -0.05) is 194 Å². The van der Waals surface area contributed by atoms with Crippen molar-refractivity contribution in [3.63, 3.8) is 0 Å². The van der Waals surface area contributed by atoms with E-state index in [-0.39, 0.29) is 0 Å². The molecule has 13 rings (SSSR count). The summed E-state index contributed by atoms with van der Waals surface area (Å²) in [5, 5.41) is 4.89. The molecule has 0 unspecified atom stereocenters. The fourth-order valence-electron chi connectivity index (χ4n) is 10.1. The molecule has 0 aliphatic rings. The van der Waals surface area contributed by atoms with E-state index < -0.39 is 0 Å². The summed E-state index contributed by atoms with van der Waals surface area (Å²) in [7, 11) is 0. The molecule has 0 atom stereocenters. The van der Waals surface area contributed by atoms with Crippen molar-refractivity contribution < 1.29 is 0 Å². The number of pyridine rings is 2. The molecule has 0 aliphatic carbocycles. The molecule has 9 aromatic carbocycles. The van der Waals surface area contributed by atoms with Crippen molar-refractivity contribution in [1.82, 2.24) is 19.1 Å². The normalized spacial score (nSPS) is 11.5. The van der Waals surface area contributed by atoms with Gasteiger partial charge in [-0.3, -0.25) is 0 Å². The van der Waals surface area contributed by atoms with E-state index in [1.54, 1.807) is 0 Å². The Bertz CT molecular complexity index is 3880. The molecule has 0 N–H and O–H groups in total. The van der Waals surface area contributed by atoms with Crippen LogP contribution in [0.1, 0.15) is 0 Å². The van der Waals surface area contributed by atoms with Gasteiger partial charge in [0.2, 0.25) is 0 Å². The highest BCUT2D eigenvalue weighted by Crippen LogP contribution is 2.42. The number of hydrogen-bond donors (Lipinski definition) is 0. The maximum absolute atomic E-state index is 5.43. The molecule has 0 saturated heterocycles. The number of nitrogens with zero attached hydrogens (tertiary/aromatic N) is 4. The van der Waals surface area contributed by atoms with Gasteiger partial charge in [0.05, 0.1) is 44.8 Å². The third-order valence-corrected chi connectivity index (χ3v) is 13.3. The van der Waals surface area contributed by atoms with Crippen molar-refractivity contribution in [2.45, 2.75) is 0 Å². The standard InChI is InChI=1S/C64H42N4/c1-4-16-43(17-5-1)45-30-34-47(35-31-45)59-41-50(42-60(66-59)48-36-32-46(33-37-48)44-18-6-2-7-19-44)58-27-15-26-57(65-58)49-20-14-23-52(40-49)68-62-29-13-11-25-54(62)56-39-38-55-53-24-10-12-28-61(53)67(63(55)64(56)68)51-21-8-3-9-22-51/h1-42H. The molecule has 0 spiro atoms. The Morgan fingerprint density at radius 3 is 1.15 bits per heavy atom. The topological polar surface area (TPSA) is 35.6 Å². The molecule has 4 aromatic heterocycles. The van der Waals surface area contributed by atoms with Crippen LogP contribution in [0.3, 0.4) is 0 Å². The van der Waals surface area contributed by atoms with E-state index >= 15 is 0 Å². The highest BCUT2D eigenvalue weighted by molar-refractivity contribution is 6.23. The monoisotopic (exact) mass is 866 g/mol. The van der Waals surface area contributed by atoms with Crippen LogP contribution in [0.25, 0.3) is 122 Å². The lowest BCUT2D eigenvalue weighted by atomic mass is 9.99. The molecule has 0 radical (unpaired) electrons. The molecule has 4 heteroatoms. The summed E-state index contributed by atoms with van der Waals surface area (Å²) in [5.74, 6) is 0. The molecule has 318 valence electrons. The Morgan fingerprint density at radius 2 is 0.603 bits per heavy atom. The Labute approximate surface area is 394 Å². The molecule has 0 saturated carbocycles. The zero-order valence-electron chi connectivity index (χ0n) is 37.0. The average molecular weight is 867 g/mol. The van der Waals surface area contributed by atoms with E-state index in [4.69, 9.17) is 9.97 Å². The lowest BCUT2D eigenvalue weighted by Crippen LogP contribution is -1.99. The van der Waals surface area contributed by atoms with Gasteiger partial charge in [0.15, 0.2) is 0 Å². The van der Waals surface area contributed by atoms with Gasteiger partial charge in [0.25, 0.3) is 0 Å². The summed E-state index contributed by atoms with van der Waals surface area (Å²) < 4.78 is 4.88. The van der Waals surface area contributed by atoms with Crippen molar-refractivity contribution in [1.29, 1.82) is 0 Å². The summed E-state index contributed by atoms with van der Waals surface area (Å²) >= 11 is 0. The molecular weight excluding hydrogens is 825 g/mol. The van der Waals surface area contributed by atoms with Crippen LogP contribution in [0.5, 0.6) is 0 Å². The number of aromatic nitrogens is 4. The highest BCUT2D eigenvalue weighted by Gasteiger charge is 2.21. The van der Waals surface area contributed by atoms with Crippen molar-refractivity contribution in [3.8, 4) is 78.7 Å². The van der Waals surface area contributed by atoms with Crippen LogP contribution in [-0.4, -0.2) is 19.1 Å². The zero-order valence-corrected chi connectivity index (χ0v) is 37.0. The molecule has 0 aliphatic heterocycles. The molecule has 0 bridgehead atoms. The molecule has 68 heavy (non-hydrogen) atoms. The average Bonchev–Trinajstić information content (AvgIpc) is 3.95. The second kappa shape index (κ2) is 16.4. The van der Waals surface area contributed by atoms with Crippen LogP contribution in [0.2, 0.25) is 0 Å². The summed E-state index contributed by atoms with van der Waals surface area (Å²) in [6.07, 6.45) is 0.